The van der Waals surface area contributed by atoms with Crippen molar-refractivity contribution in [1.82, 2.24) is 44.5 Å². The molecule has 0 bridgehead atoms. The minimum atomic E-state index is -3.65. The Kier molecular flexibility index (Phi) is 34.8. The van der Waals surface area contributed by atoms with E-state index in [2.05, 4.69) is 35.9 Å². The summed E-state index contributed by atoms with van der Waals surface area (Å²) in [4.78, 5) is 108. The number of Topliss-reactive ketones (excluding diaryl/α,β-unsaturated/α-hetero) is 3. The summed E-state index contributed by atoms with van der Waals surface area (Å²) in [5, 5.41) is 34.6. The smallest absolute Gasteiger partial charge is 0.408 e. The lowest BCUT2D eigenvalue weighted by atomic mass is 10.2. The molecule has 0 aliphatic heterocycles. The van der Waals surface area contributed by atoms with Gasteiger partial charge in [-0.15, -0.1) is 45.3 Å². The largest absolute Gasteiger partial charge is 0.480 e. The van der Waals surface area contributed by atoms with Crippen molar-refractivity contribution >= 4 is 118 Å². The lowest BCUT2D eigenvalue weighted by molar-refractivity contribution is -0.136. The van der Waals surface area contributed by atoms with Crippen molar-refractivity contribution in [3.63, 3.8) is 0 Å². The van der Waals surface area contributed by atoms with Crippen LogP contribution >= 0.6 is 45.3 Å². The lowest BCUT2D eigenvalue weighted by Gasteiger charge is -2.19. The van der Waals surface area contributed by atoms with E-state index in [1.807, 2.05) is 143 Å². The SMILES string of the molecule is CC(C)(C)OC(=O)NCC(=O)Cc1nc(-c2ccccc2)cs1.CC(C)(C)OC(=O)NCC(=O)O.CN(C)S(=O)(=O)c1cccc(C(=O)NCC(=O)Cc2nc(-c3ccccc3)cs2)c1.CN(C)S(=O)(=O)c1cccc(C(=O)O)c1.NCC(=O)Cc1nc(-c2ccccc2)cs1.Nc1nc(-c2ccccc2)cs1. The summed E-state index contributed by atoms with van der Waals surface area (Å²) < 4.78 is 59.7. The second-order valence-electron chi connectivity index (χ2n) is 25.0. The average molecular weight is 1590 g/mol. The van der Waals surface area contributed by atoms with Gasteiger partial charge in [-0.25, -0.2) is 59.8 Å². The number of carboxylic acid groups (broad SMARTS) is 2. The topological polar surface area (TPSA) is 410 Å². The standard InChI is InChI=1S/C21H21N3O4S2.C17H20N2O3S.C12H12N2OS.C9H8N2S.C9H11NO4S.C7H13NO4/c1-24(2)30(27,28)18-10-6-9-16(11-18)21(26)22-13-17(25)12-20-23-19(14-29-20)15-7-4-3-5-8-15;1-17(2,3)22-16(21)18-10-13(20)9-15-19-14(11-23-15)12-7-5-4-6-8-12;13-7-10(15)6-12-14-11(8-16-12)9-4-2-1-3-5-9;10-9-11-8(6-12-9)7-4-2-1-3-5-7;1-10(2)15(13,14)8-5-3-4-7(6-8)9(11)12;1-7(2,3)12-6(11)8-4-5(9)10/h3-11,14H,12-13H2,1-2H3,(H,22,26);4-8,11H,9-10H2,1-3H3,(H,18,21);1-5,8H,6-7,13H2;1-6H,(H2,10,11);3-6H,1-2H3,(H,11,12);4H2,1-3H3,(H,8,11)(H,9,10). The molecule has 27 nitrogen and oxygen atoms in total. The minimum absolute atomic E-state index is 0.0164. The number of aliphatic carboxylic acids is 1. The van der Waals surface area contributed by atoms with Crippen LogP contribution in [0.1, 0.15) is 77.3 Å². The number of ether oxygens (including phenoxy) is 2. The van der Waals surface area contributed by atoms with Crippen LogP contribution in [-0.2, 0) is 68.0 Å². The van der Waals surface area contributed by atoms with Crippen LogP contribution in [0.25, 0.3) is 45.0 Å². The molecule has 108 heavy (non-hydrogen) atoms. The van der Waals surface area contributed by atoms with Gasteiger partial charge in [0.1, 0.15) is 32.8 Å². The molecule has 572 valence electrons. The second kappa shape index (κ2) is 42.7. The first-order chi connectivity index (χ1) is 50.9. The highest BCUT2D eigenvalue weighted by Gasteiger charge is 2.23. The number of carbonyl (C=O) groups excluding carboxylic acids is 6. The highest BCUT2D eigenvalue weighted by molar-refractivity contribution is 7.89. The van der Waals surface area contributed by atoms with Crippen molar-refractivity contribution in [2.75, 3.05) is 60.1 Å². The van der Waals surface area contributed by atoms with Crippen molar-refractivity contribution in [1.29, 1.82) is 0 Å². The number of aromatic carboxylic acids is 1. The van der Waals surface area contributed by atoms with E-state index in [9.17, 15) is 55.2 Å². The highest BCUT2D eigenvalue weighted by atomic mass is 32.2. The zero-order valence-corrected chi connectivity index (χ0v) is 65.7. The zero-order chi connectivity index (χ0) is 79.8. The van der Waals surface area contributed by atoms with Gasteiger partial charge in [-0.1, -0.05) is 133 Å². The van der Waals surface area contributed by atoms with Crippen LogP contribution in [0.4, 0.5) is 14.7 Å². The number of rotatable bonds is 23. The summed E-state index contributed by atoms with van der Waals surface area (Å²) >= 11 is 5.80. The zero-order valence-electron chi connectivity index (χ0n) is 60.8. The first kappa shape index (κ1) is 88.0. The normalized spacial score (nSPS) is 11.0. The minimum Gasteiger partial charge on any atom is -0.480 e. The molecule has 0 spiro atoms. The van der Waals surface area contributed by atoms with E-state index in [-0.39, 0.29) is 70.7 Å². The number of hydrogen-bond donors (Lipinski definition) is 7. The van der Waals surface area contributed by atoms with Gasteiger partial charge in [0.05, 0.1) is 77.0 Å². The molecule has 0 fully saturated rings. The molecule has 10 rings (SSSR count). The van der Waals surface area contributed by atoms with Gasteiger partial charge in [0.2, 0.25) is 20.0 Å². The maximum atomic E-state index is 12.4. The fourth-order valence-electron chi connectivity index (χ4n) is 8.37. The second-order valence-corrected chi connectivity index (χ2v) is 33.0. The molecule has 0 radical (unpaired) electrons. The van der Waals surface area contributed by atoms with E-state index < -0.39 is 67.8 Å². The van der Waals surface area contributed by atoms with Crippen LogP contribution < -0.4 is 27.4 Å². The fourth-order valence-corrected chi connectivity index (χ4v) is 13.3. The Morgan fingerprint density at radius 3 is 1.08 bits per heavy atom. The molecule has 10 aromatic rings. The van der Waals surface area contributed by atoms with Crippen molar-refractivity contribution in [3.8, 4) is 45.0 Å². The molecule has 4 heterocycles. The molecular weight excluding hydrogens is 1500 g/mol. The van der Waals surface area contributed by atoms with E-state index in [0.717, 1.165) is 69.7 Å². The number of benzene rings is 6. The maximum absolute atomic E-state index is 12.4. The van der Waals surface area contributed by atoms with E-state index in [0.29, 0.717) is 16.6 Å². The first-order valence-electron chi connectivity index (χ1n) is 32.7. The molecule has 0 atom stereocenters. The van der Waals surface area contributed by atoms with Crippen LogP contribution in [0.5, 0.6) is 0 Å². The molecule has 6 aromatic carbocycles. The Morgan fingerprint density at radius 2 is 0.759 bits per heavy atom. The predicted octanol–water partition coefficient (Wildman–Crippen LogP) is 11.6. The number of ketones is 3. The van der Waals surface area contributed by atoms with E-state index in [4.69, 9.17) is 31.2 Å². The summed E-state index contributed by atoms with van der Waals surface area (Å²) in [6, 6.07) is 50.4. The number of sulfonamides is 2. The quantitative estimate of drug-likeness (QED) is 0.0313. The van der Waals surface area contributed by atoms with Crippen LogP contribution in [0, 0.1) is 0 Å². The third-order valence-corrected chi connectivity index (χ3v) is 20.4. The van der Waals surface area contributed by atoms with Crippen LogP contribution in [0.2, 0.25) is 0 Å². The fraction of sp³-hybridized carbons (Fsp3) is 0.253. The number of carboxylic acids is 2. The van der Waals surface area contributed by atoms with Crippen molar-refractivity contribution < 1.29 is 74.9 Å². The molecule has 33 heteroatoms. The number of hydrogen-bond acceptors (Lipinski definition) is 24. The molecule has 4 aromatic heterocycles. The number of nitrogens with two attached hydrogens (primary N) is 2. The van der Waals surface area contributed by atoms with Gasteiger partial charge in [0.25, 0.3) is 5.91 Å². The Labute approximate surface area is 643 Å². The first-order valence-corrected chi connectivity index (χ1v) is 39.1. The summed E-state index contributed by atoms with van der Waals surface area (Å²) in [7, 11) is -1.59. The van der Waals surface area contributed by atoms with Gasteiger partial charge in [-0.2, -0.15) is 0 Å². The van der Waals surface area contributed by atoms with Gasteiger partial charge in [-0.05, 0) is 77.9 Å². The Bertz CT molecular complexity index is 4830. The Hall–Kier alpha value is -10.6. The molecule has 0 unspecified atom stereocenters. The maximum Gasteiger partial charge on any atom is 0.408 e. The predicted molar refractivity (Wildman–Crippen MR) is 420 cm³/mol. The number of alkyl carbamates (subject to hydrolysis) is 2. The van der Waals surface area contributed by atoms with E-state index in [1.165, 1.54) is 116 Å². The monoisotopic (exact) mass is 1590 g/mol. The van der Waals surface area contributed by atoms with Gasteiger partial charge in [0.15, 0.2) is 22.5 Å². The third-order valence-electron chi connectivity index (χ3n) is 13.5. The highest BCUT2D eigenvalue weighted by Crippen LogP contribution is 2.26. The molecular formula is C75H85N11O16S6. The molecule has 0 aliphatic rings. The third kappa shape index (κ3) is 31.4. The van der Waals surface area contributed by atoms with Crippen molar-refractivity contribution in [2.24, 2.45) is 5.73 Å². The molecule has 0 saturated heterocycles. The van der Waals surface area contributed by atoms with Crippen LogP contribution in [0.3, 0.4) is 0 Å². The number of thiazole rings is 4. The number of anilines is 1. The van der Waals surface area contributed by atoms with Gasteiger partial charge in [0, 0.05) is 77.5 Å². The molecule has 9 N–H and O–H groups in total. The summed E-state index contributed by atoms with van der Waals surface area (Å²) in [6.45, 7) is 9.86. The van der Waals surface area contributed by atoms with Gasteiger partial charge in [-0.3, -0.25) is 24.0 Å². The van der Waals surface area contributed by atoms with Crippen molar-refractivity contribution in [2.45, 2.75) is 81.8 Å². The van der Waals surface area contributed by atoms with Crippen molar-refractivity contribution in [3.05, 3.63) is 218 Å². The molecule has 0 saturated carbocycles. The van der Waals surface area contributed by atoms with Crippen LogP contribution in [-0.4, -0.2) is 169 Å². The number of aromatic nitrogens is 4. The number of nitrogens with one attached hydrogen (secondary N) is 3. The van der Waals surface area contributed by atoms with Gasteiger partial charge < -0.3 is 47.1 Å². The van der Waals surface area contributed by atoms with Crippen LogP contribution in [0.15, 0.2) is 201 Å². The van der Waals surface area contributed by atoms with E-state index >= 15 is 0 Å². The number of nitrogen functional groups attached to an aromatic ring is 1. The molecule has 3 amide bonds. The molecule has 0 aliphatic carbocycles. The average Bonchev–Trinajstić information content (AvgIpc) is 1.34. The summed E-state index contributed by atoms with van der Waals surface area (Å²) in [5.41, 5.74) is 17.5. The number of amides is 3. The Balaban J connectivity index is 0.000000241. The number of carbonyl (C=O) groups is 8. The lowest BCUT2D eigenvalue weighted by Crippen LogP contribution is -2.35. The summed E-state index contributed by atoms with van der Waals surface area (Å²) in [6.07, 6.45) is -0.645. The number of nitrogens with zero attached hydrogens (tertiary/aromatic N) is 6. The van der Waals surface area contributed by atoms with E-state index in [1.54, 1.807) is 41.5 Å². The van der Waals surface area contributed by atoms with Gasteiger partial charge >= 0.3 is 24.1 Å². The Morgan fingerprint density at radius 1 is 0.435 bits per heavy atom. The summed E-state index contributed by atoms with van der Waals surface area (Å²) in [5.74, 6) is -3.02.